The first-order valence-corrected chi connectivity index (χ1v) is 1.37. The maximum Gasteiger partial charge on any atom is 0 e. The van der Waals surface area contributed by atoms with Gasteiger partial charge in [-0.3, -0.25) is 0 Å². The van der Waals surface area contributed by atoms with Crippen molar-refractivity contribution in [2.75, 3.05) is 0 Å². The molecule has 22 valence electrons. The number of hydrogen-bond donors (Lipinski definition) is 0. The van der Waals surface area contributed by atoms with E-state index >= 15 is 0 Å². The van der Waals surface area contributed by atoms with Crippen molar-refractivity contribution in [1.29, 1.82) is 0 Å². The average molecular weight is 389 g/mol. The predicted molar refractivity (Wildman–Crippen MR) is 17.8 cm³/mol. The van der Waals surface area contributed by atoms with Crippen molar-refractivity contribution in [3.05, 3.63) is 0 Å². The zero-order valence-corrected chi connectivity index (χ0v) is 12.2. The van der Waals surface area contributed by atoms with Crippen molar-refractivity contribution in [2.45, 2.75) is 0 Å². The van der Waals surface area contributed by atoms with Crippen molar-refractivity contribution in [3.8, 4) is 0 Å². The molecule has 0 spiro atoms. The van der Waals surface area contributed by atoms with Crippen LogP contribution < -0.4 is 0 Å². The zero-order valence-electron chi connectivity index (χ0n) is 2.32. The van der Waals surface area contributed by atoms with Crippen LogP contribution in [0.1, 0.15) is 0 Å². The van der Waals surface area contributed by atoms with E-state index < -0.39 is 0 Å². The van der Waals surface area contributed by atoms with Crippen LogP contribution >= 0.6 is 0 Å². The van der Waals surface area contributed by atoms with Crippen LogP contribution in [0.4, 0.5) is 0 Å². The van der Waals surface area contributed by atoms with Crippen molar-refractivity contribution >= 4 is 40.1 Å². The molecule has 0 aromatic heterocycles. The Bertz CT molecular complexity index is 11.6. The van der Waals surface area contributed by atoms with Crippen LogP contribution in [0, 0.1) is 0 Å². The van der Waals surface area contributed by atoms with Crippen LogP contribution in [-0.2, 0) is 49.9 Å². The summed E-state index contributed by atoms with van der Waals surface area (Å²) in [5.41, 5.74) is 0. The van der Waals surface area contributed by atoms with Gasteiger partial charge in [0.2, 0.25) is 0 Å². The molecule has 0 aromatic rings. The standard InChI is InChI=1S/Cd.GeH4.O.Sn.Zn/h;1H4;;;. The van der Waals surface area contributed by atoms with E-state index in [0.717, 1.165) is 0 Å². The van der Waals surface area contributed by atoms with Crippen molar-refractivity contribution in [3.63, 3.8) is 0 Å². The minimum atomic E-state index is 0. The average Bonchev–Trinajstić information content (AvgIpc) is 1.00. The SMILES string of the molecule is [Cd].[GeH4].[O]=[Sn].[Zn]. The van der Waals surface area contributed by atoms with Crippen LogP contribution in [-0.4, -0.2) is 40.1 Å². The van der Waals surface area contributed by atoms with Crippen LogP contribution in [0.3, 0.4) is 0 Å². The van der Waals surface area contributed by atoms with Crippen LogP contribution in [0.25, 0.3) is 0 Å². The molecule has 5 heteroatoms. The molecule has 0 aliphatic carbocycles. The molecule has 0 unspecified atom stereocenters. The Morgan fingerprint density at radius 1 is 1.20 bits per heavy atom. The van der Waals surface area contributed by atoms with Gasteiger partial charge in [-0.1, -0.05) is 0 Å². The Hall–Kier alpha value is 2.69. The van der Waals surface area contributed by atoms with Crippen LogP contribution in [0.2, 0.25) is 0 Å². The predicted octanol–water partition coefficient (Wildman–Crippen LogP) is -1.96. The normalized spacial score (nSPS) is 0.800. The smallest absolute Gasteiger partial charge is 0 e. The maximum absolute atomic E-state index is 8.34. The molecule has 0 rings (SSSR count). The Morgan fingerprint density at radius 3 is 1.20 bits per heavy atom. The molecule has 0 bridgehead atoms. The summed E-state index contributed by atoms with van der Waals surface area (Å²) in [5, 5.41) is 0. The van der Waals surface area contributed by atoms with Gasteiger partial charge in [0.05, 0.1) is 0 Å². The van der Waals surface area contributed by atoms with Crippen molar-refractivity contribution in [1.82, 2.24) is 0 Å². The fourth-order valence-electron chi connectivity index (χ4n) is 0. The first-order valence-electron chi connectivity index (χ1n) is 0.204. The Balaban J connectivity index is -0.00000000167. The fourth-order valence-corrected chi connectivity index (χ4v) is 0. The summed E-state index contributed by atoms with van der Waals surface area (Å²) in [7, 11) is 0. The van der Waals surface area contributed by atoms with Crippen LogP contribution in [0.15, 0.2) is 0 Å². The molecule has 0 aliphatic heterocycles. The number of rotatable bonds is 0. The van der Waals surface area contributed by atoms with Gasteiger partial charge in [0.15, 0.2) is 0 Å². The molecule has 0 N–H and O–H groups in total. The third kappa shape index (κ3) is 20.3. The monoisotopic (exact) mass is 392 g/mol. The van der Waals surface area contributed by atoms with Crippen molar-refractivity contribution < 1.29 is 49.9 Å². The molecule has 5 heavy (non-hydrogen) atoms. The van der Waals surface area contributed by atoms with Gasteiger partial charge in [0.25, 0.3) is 0 Å². The third-order valence-corrected chi connectivity index (χ3v) is 0. The van der Waals surface area contributed by atoms with Gasteiger partial charge in [-0.05, 0) is 0 Å². The minimum Gasteiger partial charge on any atom is 0 e. The molecular weight excluding hydrogens is 385 g/mol. The first-order chi connectivity index (χ1) is 1.00. The van der Waals surface area contributed by atoms with E-state index in [0.29, 0.717) is 22.5 Å². The second-order valence-electron chi connectivity index (χ2n) is 0. The van der Waals surface area contributed by atoms with Gasteiger partial charge >= 0.3 is 43.2 Å². The summed E-state index contributed by atoms with van der Waals surface area (Å²) in [6, 6.07) is 0. The summed E-state index contributed by atoms with van der Waals surface area (Å²) in [6.45, 7) is 0. The number of hydrogen-bond acceptors (Lipinski definition) is 1. The molecule has 0 aromatic carbocycles. The van der Waals surface area contributed by atoms with Gasteiger partial charge < -0.3 is 0 Å². The molecule has 0 saturated carbocycles. The minimum absolute atomic E-state index is 0. The molecular formula is H4CdGeOSnZn. The van der Waals surface area contributed by atoms with E-state index in [1.54, 1.807) is 0 Å². The molecule has 0 fully saturated rings. The summed E-state index contributed by atoms with van der Waals surface area (Å²) in [6.07, 6.45) is 0. The summed E-state index contributed by atoms with van der Waals surface area (Å²) >= 11 is 0.300. The molecule has 0 amide bonds. The van der Waals surface area contributed by atoms with E-state index in [4.69, 9.17) is 3.08 Å². The van der Waals surface area contributed by atoms with E-state index in [1.165, 1.54) is 0 Å². The van der Waals surface area contributed by atoms with E-state index in [1.807, 2.05) is 0 Å². The summed E-state index contributed by atoms with van der Waals surface area (Å²) < 4.78 is 8.34. The van der Waals surface area contributed by atoms with Gasteiger partial charge in [0, 0.05) is 46.8 Å². The Kier molecular flexibility index (Phi) is 151. The second-order valence-corrected chi connectivity index (χ2v) is 0. The fraction of sp³-hybridized carbons (Fsp3) is 0. The van der Waals surface area contributed by atoms with Gasteiger partial charge in [-0.25, -0.2) is 0 Å². The quantitative estimate of drug-likeness (QED) is 0.440. The Labute approximate surface area is 88.4 Å². The first kappa shape index (κ1) is 25.3. The van der Waals surface area contributed by atoms with E-state index in [-0.39, 0.29) is 64.4 Å². The molecule has 0 aliphatic rings. The Morgan fingerprint density at radius 2 is 1.20 bits per heavy atom. The second kappa shape index (κ2) is 30.0. The topological polar surface area (TPSA) is 17.1 Å². The molecule has 0 atom stereocenters. The molecule has 0 heterocycles. The maximum atomic E-state index is 8.34. The zero-order chi connectivity index (χ0) is 2.00. The van der Waals surface area contributed by atoms with Crippen LogP contribution in [0.5, 0.6) is 0 Å². The van der Waals surface area contributed by atoms with Gasteiger partial charge in [-0.15, -0.1) is 0 Å². The largest absolute Gasteiger partial charge is 0 e. The van der Waals surface area contributed by atoms with E-state index in [9.17, 15) is 0 Å². The summed E-state index contributed by atoms with van der Waals surface area (Å²) in [5.74, 6) is 0. The van der Waals surface area contributed by atoms with E-state index in [2.05, 4.69) is 0 Å². The molecule has 1 nitrogen and oxygen atoms in total. The van der Waals surface area contributed by atoms with Gasteiger partial charge in [-0.2, -0.15) is 0 Å². The van der Waals surface area contributed by atoms with Gasteiger partial charge in [0.1, 0.15) is 0 Å². The molecule has 2 radical (unpaired) electrons. The summed E-state index contributed by atoms with van der Waals surface area (Å²) in [4.78, 5) is 0. The molecule has 0 saturated heterocycles. The third-order valence-electron chi connectivity index (χ3n) is 0. The van der Waals surface area contributed by atoms with Crippen molar-refractivity contribution in [2.24, 2.45) is 0 Å².